The molecule has 10 heteroatoms. The van der Waals surface area contributed by atoms with Crippen LogP contribution in [0, 0.1) is 0 Å². The van der Waals surface area contributed by atoms with Crippen molar-refractivity contribution in [1.29, 1.82) is 0 Å². The van der Waals surface area contributed by atoms with Gasteiger partial charge in [-0.1, -0.05) is 30.3 Å². The fraction of sp³-hybridized carbons (Fsp3) is 0.143. The molecule has 52 heavy (non-hydrogen) atoms. The summed E-state index contributed by atoms with van der Waals surface area (Å²) in [6.07, 6.45) is -1.20. The normalized spacial score (nSPS) is 21.0. The Balaban J connectivity index is 1.35. The lowest BCUT2D eigenvalue weighted by Crippen LogP contribution is -2.15. The highest BCUT2D eigenvalue weighted by Crippen LogP contribution is 2.63. The Morgan fingerprint density at radius 2 is 0.981 bits per heavy atom. The van der Waals surface area contributed by atoms with Gasteiger partial charge >= 0.3 is 0 Å². The molecule has 0 saturated carbocycles. The fourth-order valence-electron chi connectivity index (χ4n) is 8.44. The van der Waals surface area contributed by atoms with Crippen molar-refractivity contribution in [1.82, 2.24) is 0 Å². The van der Waals surface area contributed by atoms with Gasteiger partial charge in [0.2, 0.25) is 0 Å². The Labute approximate surface area is 296 Å². The molecule has 0 aromatic heterocycles. The van der Waals surface area contributed by atoms with Gasteiger partial charge in [-0.2, -0.15) is 0 Å². The van der Waals surface area contributed by atoms with E-state index in [9.17, 15) is 40.9 Å². The summed E-state index contributed by atoms with van der Waals surface area (Å²) in [5, 5.41) is 86.6. The minimum atomic E-state index is -0.762. The predicted molar refractivity (Wildman–Crippen MR) is 188 cm³/mol. The summed E-state index contributed by atoms with van der Waals surface area (Å²) in [7, 11) is 0. The number of rotatable bonds is 4. The molecule has 2 aliphatic heterocycles. The van der Waals surface area contributed by atoms with Crippen LogP contribution < -0.4 is 9.47 Å². The summed E-state index contributed by atoms with van der Waals surface area (Å²) >= 11 is 0. The highest BCUT2D eigenvalue weighted by molar-refractivity contribution is 5.70. The van der Waals surface area contributed by atoms with Crippen LogP contribution in [-0.4, -0.2) is 40.9 Å². The van der Waals surface area contributed by atoms with Crippen LogP contribution in [0.3, 0.4) is 0 Å². The zero-order valence-corrected chi connectivity index (χ0v) is 27.3. The van der Waals surface area contributed by atoms with E-state index in [1.807, 2.05) is 6.07 Å². The lowest BCUT2D eigenvalue weighted by atomic mass is 9.77. The van der Waals surface area contributed by atoms with Crippen LogP contribution in [-0.2, 0) is 6.42 Å². The van der Waals surface area contributed by atoms with Crippen LogP contribution >= 0.6 is 0 Å². The second-order valence-corrected chi connectivity index (χ2v) is 13.7. The number of aromatic hydroxyl groups is 8. The van der Waals surface area contributed by atoms with Gasteiger partial charge in [-0.25, -0.2) is 0 Å². The van der Waals surface area contributed by atoms with Gasteiger partial charge in [0.1, 0.15) is 69.7 Å². The van der Waals surface area contributed by atoms with E-state index in [1.165, 1.54) is 42.5 Å². The average Bonchev–Trinajstić information content (AvgIpc) is 3.63. The van der Waals surface area contributed by atoms with E-state index >= 15 is 0 Å². The third kappa shape index (κ3) is 4.86. The number of phenolic OH excluding ortho intramolecular Hbond substituents is 8. The minimum absolute atomic E-state index is 0.0194. The zero-order chi connectivity index (χ0) is 36.0. The van der Waals surface area contributed by atoms with Crippen molar-refractivity contribution in [2.24, 2.45) is 0 Å². The van der Waals surface area contributed by atoms with Crippen LogP contribution in [0.25, 0.3) is 0 Å². The number of hydrogen-bond acceptors (Lipinski definition) is 10. The molecule has 0 unspecified atom stereocenters. The second-order valence-electron chi connectivity index (χ2n) is 13.7. The van der Waals surface area contributed by atoms with Gasteiger partial charge < -0.3 is 50.3 Å². The van der Waals surface area contributed by atoms with E-state index in [0.717, 1.165) is 16.7 Å². The molecule has 5 atom stereocenters. The first-order valence-electron chi connectivity index (χ1n) is 16.8. The predicted octanol–water partition coefficient (Wildman–Crippen LogP) is 7.55. The van der Waals surface area contributed by atoms with Crippen molar-refractivity contribution < 1.29 is 50.3 Å². The summed E-state index contributed by atoms with van der Waals surface area (Å²) in [5.74, 6) is -1.92. The van der Waals surface area contributed by atoms with Gasteiger partial charge in [-0.15, -0.1) is 0 Å². The Bertz CT molecular complexity index is 2380. The second kappa shape index (κ2) is 11.4. The number of hydrogen-bond donors (Lipinski definition) is 8. The molecule has 0 amide bonds. The van der Waals surface area contributed by atoms with Crippen LogP contribution in [0.2, 0.25) is 0 Å². The van der Waals surface area contributed by atoms with E-state index in [0.29, 0.717) is 44.9 Å². The smallest absolute Gasteiger partial charge is 0.135 e. The molecule has 0 bridgehead atoms. The maximum Gasteiger partial charge on any atom is 0.135 e. The minimum Gasteiger partial charge on any atom is -0.508 e. The van der Waals surface area contributed by atoms with Crippen molar-refractivity contribution in [2.75, 3.05) is 0 Å². The van der Waals surface area contributed by atoms with E-state index in [1.54, 1.807) is 54.6 Å². The van der Waals surface area contributed by atoms with Gasteiger partial charge in [0.25, 0.3) is 0 Å². The van der Waals surface area contributed by atoms with Gasteiger partial charge in [0, 0.05) is 46.4 Å². The number of ether oxygens (including phenoxy) is 2. The first-order valence-corrected chi connectivity index (χ1v) is 16.8. The van der Waals surface area contributed by atoms with Crippen LogP contribution in [0.1, 0.15) is 80.0 Å². The molecule has 6 aromatic rings. The van der Waals surface area contributed by atoms with Crippen LogP contribution in [0.4, 0.5) is 0 Å². The quantitative estimate of drug-likeness (QED) is 0.0917. The molecule has 1 aliphatic carbocycles. The summed E-state index contributed by atoms with van der Waals surface area (Å²) in [6.45, 7) is 0. The zero-order valence-electron chi connectivity index (χ0n) is 27.3. The van der Waals surface area contributed by atoms with E-state index in [-0.39, 0.29) is 52.4 Å². The molecule has 6 aromatic carbocycles. The molecule has 8 N–H and O–H groups in total. The topological polar surface area (TPSA) is 180 Å². The fourth-order valence-corrected chi connectivity index (χ4v) is 8.44. The standard InChI is InChI=1S/C42H32O10/c43-23-5-1-19(2-6-23)41-36(21-11-26(46)15-27(47)12-21)39-34(52-41)18-31-37(40(39)50)30(29-10-9-25(45)16-32(29)49)14-22-13-28(48)17-33-35(22)38(31)42(51-33)20-3-7-24(44)8-4-20/h1-13,15-18,30,36,38,41-50H,14H2/t30-,36-,38-,41+,42+/m0/s1. The third-order valence-corrected chi connectivity index (χ3v) is 10.5. The summed E-state index contributed by atoms with van der Waals surface area (Å²) in [5.41, 5.74) is 5.29. The molecule has 3 aliphatic rings. The van der Waals surface area contributed by atoms with E-state index < -0.39 is 30.0 Å². The SMILES string of the molecule is Oc1ccc([C@H]2Oc3cc4c(c(O)c3[C@@H]2c2cc(O)cc(O)c2)[C@H](c2ccc(O)cc2O)Cc2cc(O)cc3c2[C@H]4[C@@H](c2ccc(O)cc2)O3)cc1. The van der Waals surface area contributed by atoms with Gasteiger partial charge in [0.05, 0.1) is 11.8 Å². The lowest BCUT2D eigenvalue weighted by molar-refractivity contribution is 0.218. The lowest BCUT2D eigenvalue weighted by Gasteiger charge is -2.27. The Hall–Kier alpha value is -6.68. The van der Waals surface area contributed by atoms with E-state index in [4.69, 9.17) is 9.47 Å². The first-order chi connectivity index (χ1) is 25.0. The molecule has 0 fully saturated rings. The van der Waals surface area contributed by atoms with Gasteiger partial charge in [-0.3, -0.25) is 0 Å². The molecule has 260 valence electrons. The molecule has 0 saturated heterocycles. The monoisotopic (exact) mass is 696 g/mol. The molecule has 9 rings (SSSR count). The Morgan fingerprint density at radius 1 is 0.423 bits per heavy atom. The van der Waals surface area contributed by atoms with Crippen LogP contribution in [0.5, 0.6) is 57.5 Å². The first kappa shape index (κ1) is 31.3. The Kier molecular flexibility index (Phi) is 6.88. The maximum atomic E-state index is 12.8. The number of fused-ring (bicyclic) bond motifs is 3. The summed E-state index contributed by atoms with van der Waals surface area (Å²) in [6, 6.07) is 26.7. The highest BCUT2D eigenvalue weighted by atomic mass is 16.5. The summed E-state index contributed by atoms with van der Waals surface area (Å²) < 4.78 is 13.3. The molecular formula is C42H32O10. The molecule has 10 nitrogen and oxygen atoms in total. The molecular weight excluding hydrogens is 664 g/mol. The molecule has 0 spiro atoms. The van der Waals surface area contributed by atoms with Crippen LogP contribution in [0.15, 0.2) is 103 Å². The highest BCUT2D eigenvalue weighted by Gasteiger charge is 2.48. The summed E-state index contributed by atoms with van der Waals surface area (Å²) in [4.78, 5) is 0. The number of phenols is 8. The third-order valence-electron chi connectivity index (χ3n) is 10.5. The number of benzene rings is 6. The van der Waals surface area contributed by atoms with Crippen molar-refractivity contribution in [2.45, 2.75) is 36.4 Å². The van der Waals surface area contributed by atoms with Crippen molar-refractivity contribution in [3.05, 3.63) is 153 Å². The van der Waals surface area contributed by atoms with Gasteiger partial charge in [-0.05, 0) is 88.8 Å². The van der Waals surface area contributed by atoms with E-state index in [2.05, 4.69) is 0 Å². The Morgan fingerprint density at radius 3 is 1.60 bits per heavy atom. The van der Waals surface area contributed by atoms with Crippen molar-refractivity contribution in [3.63, 3.8) is 0 Å². The van der Waals surface area contributed by atoms with Gasteiger partial charge in [0.15, 0.2) is 0 Å². The average molecular weight is 697 g/mol. The molecule has 2 heterocycles. The molecule has 0 radical (unpaired) electrons. The maximum absolute atomic E-state index is 12.8. The van der Waals surface area contributed by atoms with Crippen molar-refractivity contribution in [3.8, 4) is 57.5 Å². The van der Waals surface area contributed by atoms with Crippen molar-refractivity contribution >= 4 is 0 Å². The largest absolute Gasteiger partial charge is 0.508 e.